The number of fused-ring (bicyclic) bond motifs is 6. The standard InChI is InChI=1S/C56H42N2/c1-37-16-9-10-21-46(37)48-24-13-23-47(38(48)2)41-30-32-44(33-31-41)57(45-35-42(39-17-5-3-6-18-39)34-43(36-45)40-19-7-4-8-20-40)54-29-15-27-52-51-26-14-25-50-49-22-11-12-28-53(49)58(55(50)51)56(52)54/h3-10,12-21,23-36H,11,22H2,1-2H3. The molecule has 2 aromatic heterocycles. The molecule has 0 atom stereocenters. The van der Waals surface area contributed by atoms with E-state index in [0.717, 1.165) is 29.9 Å². The Morgan fingerprint density at radius 3 is 1.78 bits per heavy atom. The summed E-state index contributed by atoms with van der Waals surface area (Å²) < 4.78 is 2.56. The fourth-order valence-corrected chi connectivity index (χ4v) is 9.56. The average molecular weight is 743 g/mol. The van der Waals surface area contributed by atoms with Crippen LogP contribution < -0.4 is 4.90 Å². The van der Waals surface area contributed by atoms with E-state index in [9.17, 15) is 0 Å². The molecular formula is C56H42N2. The summed E-state index contributed by atoms with van der Waals surface area (Å²) in [6.45, 7) is 4.46. The van der Waals surface area contributed by atoms with Gasteiger partial charge in [0.15, 0.2) is 0 Å². The highest BCUT2D eigenvalue weighted by atomic mass is 15.2. The highest BCUT2D eigenvalue weighted by molar-refractivity contribution is 6.19. The van der Waals surface area contributed by atoms with Crippen molar-refractivity contribution in [2.24, 2.45) is 0 Å². The maximum atomic E-state index is 2.56. The molecule has 0 saturated heterocycles. The van der Waals surface area contributed by atoms with E-state index in [1.54, 1.807) is 0 Å². The van der Waals surface area contributed by atoms with Crippen molar-refractivity contribution in [3.8, 4) is 44.5 Å². The molecule has 11 rings (SSSR count). The maximum Gasteiger partial charge on any atom is 0.0782 e. The van der Waals surface area contributed by atoms with Gasteiger partial charge in [0, 0.05) is 33.2 Å². The minimum absolute atomic E-state index is 1.06. The Kier molecular flexibility index (Phi) is 8.11. The van der Waals surface area contributed by atoms with Crippen LogP contribution in [0.25, 0.3) is 77.8 Å². The lowest BCUT2D eigenvalue weighted by Crippen LogP contribution is -2.12. The van der Waals surface area contributed by atoms with Gasteiger partial charge in [-0.2, -0.15) is 0 Å². The zero-order chi connectivity index (χ0) is 38.7. The smallest absolute Gasteiger partial charge is 0.0782 e. The molecule has 0 spiro atoms. The number of hydrogen-bond acceptors (Lipinski definition) is 1. The molecule has 2 heteroatoms. The molecule has 0 unspecified atom stereocenters. The summed E-state index contributed by atoms with van der Waals surface area (Å²) in [6.07, 6.45) is 6.83. The summed E-state index contributed by atoms with van der Waals surface area (Å²) in [7, 11) is 0. The van der Waals surface area contributed by atoms with E-state index >= 15 is 0 Å². The minimum Gasteiger partial charge on any atom is -0.308 e. The summed E-state index contributed by atoms with van der Waals surface area (Å²) in [4.78, 5) is 2.49. The van der Waals surface area contributed by atoms with Gasteiger partial charge in [-0.1, -0.05) is 152 Å². The first-order chi connectivity index (χ1) is 28.6. The van der Waals surface area contributed by atoms with E-state index in [2.05, 4.69) is 217 Å². The average Bonchev–Trinajstić information content (AvgIpc) is 3.81. The molecule has 0 bridgehead atoms. The lowest BCUT2D eigenvalue weighted by Gasteiger charge is -2.28. The van der Waals surface area contributed by atoms with Gasteiger partial charge in [0.05, 0.1) is 16.7 Å². The van der Waals surface area contributed by atoms with E-state index in [0.29, 0.717) is 0 Å². The number of benzene rings is 8. The lowest BCUT2D eigenvalue weighted by molar-refractivity contribution is 0.984. The molecule has 0 fully saturated rings. The maximum absolute atomic E-state index is 2.56. The second kappa shape index (κ2) is 13.8. The van der Waals surface area contributed by atoms with Gasteiger partial charge in [-0.3, -0.25) is 0 Å². The molecule has 0 N–H and O–H groups in total. The molecule has 0 saturated carbocycles. The lowest BCUT2D eigenvalue weighted by atomic mass is 9.91. The van der Waals surface area contributed by atoms with Crippen LogP contribution in [0, 0.1) is 13.8 Å². The van der Waals surface area contributed by atoms with Gasteiger partial charge in [-0.15, -0.1) is 0 Å². The SMILES string of the molecule is Cc1ccccc1-c1cccc(-c2ccc(N(c3cc(-c4ccccc4)cc(-c4ccccc4)c3)c3cccc4c5cccc6c7c(n(c34)c65)C=CCC7)cc2)c1C. The highest BCUT2D eigenvalue weighted by Crippen LogP contribution is 2.47. The van der Waals surface area contributed by atoms with Crippen molar-refractivity contribution < 1.29 is 0 Å². The van der Waals surface area contributed by atoms with Crippen LogP contribution in [-0.2, 0) is 6.42 Å². The second-order valence-corrected chi connectivity index (χ2v) is 15.7. The number of aryl methyl sites for hydroxylation is 2. The van der Waals surface area contributed by atoms with Crippen molar-refractivity contribution in [2.45, 2.75) is 26.7 Å². The fourth-order valence-electron chi connectivity index (χ4n) is 9.56. The highest BCUT2D eigenvalue weighted by Gasteiger charge is 2.26. The summed E-state index contributed by atoms with van der Waals surface area (Å²) >= 11 is 0. The molecule has 1 aliphatic carbocycles. The van der Waals surface area contributed by atoms with E-state index in [-0.39, 0.29) is 0 Å². The second-order valence-electron chi connectivity index (χ2n) is 15.7. The Balaban J connectivity index is 1.16. The normalized spacial score (nSPS) is 12.4. The van der Waals surface area contributed by atoms with Crippen LogP contribution in [0.15, 0.2) is 188 Å². The van der Waals surface area contributed by atoms with Crippen LogP contribution in [0.3, 0.4) is 0 Å². The van der Waals surface area contributed by atoms with Crippen LogP contribution in [0.1, 0.15) is 28.8 Å². The van der Waals surface area contributed by atoms with Crippen molar-refractivity contribution >= 4 is 50.3 Å². The van der Waals surface area contributed by atoms with Crippen molar-refractivity contribution in [1.82, 2.24) is 4.40 Å². The molecule has 8 aromatic carbocycles. The Labute approximate surface area is 339 Å². The van der Waals surface area contributed by atoms with Crippen molar-refractivity contribution in [2.75, 3.05) is 4.90 Å². The Hall–Kier alpha value is -7.16. The number of allylic oxidation sites excluding steroid dienone is 1. The van der Waals surface area contributed by atoms with Crippen molar-refractivity contribution in [1.29, 1.82) is 0 Å². The number of para-hydroxylation sites is 2. The van der Waals surface area contributed by atoms with E-state index in [1.807, 2.05) is 0 Å². The predicted octanol–water partition coefficient (Wildman–Crippen LogP) is 15.4. The van der Waals surface area contributed by atoms with Crippen molar-refractivity contribution in [3.63, 3.8) is 0 Å². The van der Waals surface area contributed by atoms with Crippen LogP contribution >= 0.6 is 0 Å². The topological polar surface area (TPSA) is 7.65 Å². The van der Waals surface area contributed by atoms with Gasteiger partial charge >= 0.3 is 0 Å². The third-order valence-electron chi connectivity index (χ3n) is 12.3. The molecule has 0 aliphatic heterocycles. The van der Waals surface area contributed by atoms with Crippen LogP contribution in [0.5, 0.6) is 0 Å². The molecule has 10 aromatic rings. The largest absolute Gasteiger partial charge is 0.308 e. The first-order valence-electron chi connectivity index (χ1n) is 20.4. The van der Waals surface area contributed by atoms with Crippen LogP contribution in [-0.4, -0.2) is 4.40 Å². The third-order valence-corrected chi connectivity index (χ3v) is 12.3. The zero-order valence-electron chi connectivity index (χ0n) is 32.8. The molecule has 1 aliphatic rings. The van der Waals surface area contributed by atoms with Gasteiger partial charge in [-0.25, -0.2) is 0 Å². The number of nitrogens with zero attached hydrogens (tertiary/aromatic N) is 2. The summed E-state index contributed by atoms with van der Waals surface area (Å²) in [6, 6.07) is 67.0. The van der Waals surface area contributed by atoms with Gasteiger partial charge in [-0.05, 0) is 130 Å². The Morgan fingerprint density at radius 2 is 1.05 bits per heavy atom. The first-order valence-corrected chi connectivity index (χ1v) is 20.4. The summed E-state index contributed by atoms with van der Waals surface area (Å²) in [5, 5.41) is 3.95. The quantitative estimate of drug-likeness (QED) is 0.158. The van der Waals surface area contributed by atoms with Gasteiger partial charge in [0.1, 0.15) is 0 Å². The number of rotatable bonds is 7. The third kappa shape index (κ3) is 5.48. The molecule has 0 radical (unpaired) electrons. The minimum atomic E-state index is 1.06. The number of anilines is 3. The van der Waals surface area contributed by atoms with Gasteiger partial charge in [0.2, 0.25) is 0 Å². The van der Waals surface area contributed by atoms with Crippen LogP contribution in [0.2, 0.25) is 0 Å². The summed E-state index contributed by atoms with van der Waals surface area (Å²) in [5.74, 6) is 0. The molecule has 58 heavy (non-hydrogen) atoms. The molecule has 2 heterocycles. The van der Waals surface area contributed by atoms with Crippen molar-refractivity contribution in [3.05, 3.63) is 210 Å². The molecule has 276 valence electrons. The van der Waals surface area contributed by atoms with E-state index in [4.69, 9.17) is 0 Å². The molecular weight excluding hydrogens is 701 g/mol. The molecule has 2 nitrogen and oxygen atoms in total. The Morgan fingerprint density at radius 1 is 0.448 bits per heavy atom. The Bertz CT molecular complexity index is 3110. The van der Waals surface area contributed by atoms with Gasteiger partial charge < -0.3 is 9.30 Å². The summed E-state index contributed by atoms with van der Waals surface area (Å²) in [5.41, 5.74) is 21.0. The van der Waals surface area contributed by atoms with Gasteiger partial charge in [0.25, 0.3) is 0 Å². The zero-order valence-corrected chi connectivity index (χ0v) is 32.8. The van der Waals surface area contributed by atoms with E-state index in [1.165, 1.54) is 94.1 Å². The van der Waals surface area contributed by atoms with E-state index < -0.39 is 0 Å². The van der Waals surface area contributed by atoms with Crippen LogP contribution in [0.4, 0.5) is 17.1 Å². The fraction of sp³-hybridized carbons (Fsp3) is 0.0714. The monoisotopic (exact) mass is 742 g/mol. The number of hydrogen-bond donors (Lipinski definition) is 0. The first kappa shape index (κ1) is 34.1. The predicted molar refractivity (Wildman–Crippen MR) is 247 cm³/mol. The number of aromatic nitrogens is 1. The molecule has 0 amide bonds.